The van der Waals surface area contributed by atoms with Gasteiger partial charge in [0.1, 0.15) is 11.5 Å². The lowest BCUT2D eigenvalue weighted by Crippen LogP contribution is -2.31. The first-order valence-corrected chi connectivity index (χ1v) is 8.80. The predicted molar refractivity (Wildman–Crippen MR) is 94.9 cm³/mol. The quantitative estimate of drug-likeness (QED) is 0.694. The van der Waals surface area contributed by atoms with Gasteiger partial charge in [-0.05, 0) is 49.6 Å². The third-order valence-corrected chi connectivity index (χ3v) is 4.26. The Hall–Kier alpha value is -2.54. The molecule has 0 bridgehead atoms. The van der Waals surface area contributed by atoms with Crippen LogP contribution in [0.25, 0.3) is 0 Å². The van der Waals surface area contributed by atoms with Gasteiger partial charge in [0.25, 0.3) is 5.91 Å². The summed E-state index contributed by atoms with van der Waals surface area (Å²) in [6.45, 7) is 3.76. The SMILES string of the molecule is CCOc1ccc(OCC(=O)OCC(=O)N[C@@H](C)c2cccs2)cc1. The van der Waals surface area contributed by atoms with Crippen LogP contribution >= 0.6 is 11.3 Å². The van der Waals surface area contributed by atoms with E-state index in [-0.39, 0.29) is 25.2 Å². The molecule has 0 saturated carbocycles. The van der Waals surface area contributed by atoms with Gasteiger partial charge in [0.15, 0.2) is 13.2 Å². The molecule has 0 unspecified atom stereocenters. The number of carbonyl (C=O) groups excluding carboxylic acids is 2. The molecule has 0 saturated heterocycles. The standard InChI is InChI=1S/C18H21NO5S/c1-3-22-14-6-8-15(9-7-14)23-12-18(21)24-11-17(20)19-13(2)16-5-4-10-25-16/h4-10,13H,3,11-12H2,1-2H3,(H,19,20)/t13-/m0/s1. The Morgan fingerprint density at radius 1 is 1.08 bits per heavy atom. The Morgan fingerprint density at radius 2 is 1.76 bits per heavy atom. The van der Waals surface area contributed by atoms with Crippen LogP contribution < -0.4 is 14.8 Å². The number of thiophene rings is 1. The van der Waals surface area contributed by atoms with E-state index in [2.05, 4.69) is 5.32 Å². The average Bonchev–Trinajstić information content (AvgIpc) is 3.14. The zero-order valence-corrected chi connectivity index (χ0v) is 15.0. The smallest absolute Gasteiger partial charge is 0.344 e. The van der Waals surface area contributed by atoms with E-state index in [9.17, 15) is 9.59 Å². The van der Waals surface area contributed by atoms with E-state index in [1.165, 1.54) is 0 Å². The molecule has 1 heterocycles. The number of benzene rings is 1. The van der Waals surface area contributed by atoms with E-state index in [1.54, 1.807) is 35.6 Å². The van der Waals surface area contributed by atoms with Gasteiger partial charge >= 0.3 is 5.97 Å². The van der Waals surface area contributed by atoms with Crippen LogP contribution in [0.3, 0.4) is 0 Å². The highest BCUT2D eigenvalue weighted by Gasteiger charge is 2.13. The monoisotopic (exact) mass is 363 g/mol. The molecular formula is C18H21NO5S. The van der Waals surface area contributed by atoms with Crippen molar-refractivity contribution in [1.29, 1.82) is 0 Å². The van der Waals surface area contributed by atoms with E-state index < -0.39 is 5.97 Å². The molecule has 134 valence electrons. The number of ether oxygens (including phenoxy) is 3. The average molecular weight is 363 g/mol. The van der Waals surface area contributed by atoms with Crippen LogP contribution in [0.2, 0.25) is 0 Å². The summed E-state index contributed by atoms with van der Waals surface area (Å²) in [5, 5.41) is 4.71. The first-order valence-electron chi connectivity index (χ1n) is 7.92. The van der Waals surface area contributed by atoms with Crippen molar-refractivity contribution in [1.82, 2.24) is 5.32 Å². The zero-order valence-electron chi connectivity index (χ0n) is 14.2. The molecule has 25 heavy (non-hydrogen) atoms. The van der Waals surface area contributed by atoms with Crippen molar-refractivity contribution < 1.29 is 23.8 Å². The van der Waals surface area contributed by atoms with Crippen LogP contribution in [-0.4, -0.2) is 31.7 Å². The first kappa shape index (κ1) is 18.8. The minimum Gasteiger partial charge on any atom is -0.494 e. The van der Waals surface area contributed by atoms with Gasteiger partial charge in [-0.2, -0.15) is 0 Å². The summed E-state index contributed by atoms with van der Waals surface area (Å²) in [5.41, 5.74) is 0. The maximum absolute atomic E-state index is 11.8. The molecule has 0 radical (unpaired) electrons. The molecule has 6 nitrogen and oxygen atoms in total. The van der Waals surface area contributed by atoms with E-state index in [0.29, 0.717) is 12.4 Å². The Morgan fingerprint density at radius 3 is 2.36 bits per heavy atom. The molecule has 2 aromatic rings. The molecule has 0 aliphatic heterocycles. The van der Waals surface area contributed by atoms with Crippen LogP contribution in [0.1, 0.15) is 24.8 Å². The number of carbonyl (C=O) groups is 2. The van der Waals surface area contributed by atoms with Crippen LogP contribution in [0.5, 0.6) is 11.5 Å². The molecule has 0 spiro atoms. The lowest BCUT2D eigenvalue weighted by molar-refractivity contribution is -0.150. The molecule has 0 fully saturated rings. The summed E-state index contributed by atoms with van der Waals surface area (Å²) in [6, 6.07) is 10.6. The number of hydrogen-bond acceptors (Lipinski definition) is 6. The van der Waals surface area contributed by atoms with Gasteiger partial charge in [0.2, 0.25) is 0 Å². The van der Waals surface area contributed by atoms with Crippen molar-refractivity contribution in [3.8, 4) is 11.5 Å². The van der Waals surface area contributed by atoms with Gasteiger partial charge in [0.05, 0.1) is 12.6 Å². The molecule has 1 amide bonds. The first-order chi connectivity index (χ1) is 12.1. The van der Waals surface area contributed by atoms with Crippen LogP contribution in [0, 0.1) is 0 Å². The lowest BCUT2D eigenvalue weighted by Gasteiger charge is -2.12. The number of nitrogens with one attached hydrogen (secondary N) is 1. The Bertz CT molecular complexity index is 669. The topological polar surface area (TPSA) is 73.9 Å². The summed E-state index contributed by atoms with van der Waals surface area (Å²) in [7, 11) is 0. The molecule has 1 aromatic heterocycles. The maximum atomic E-state index is 11.8. The van der Waals surface area contributed by atoms with Crippen molar-refractivity contribution in [3.05, 3.63) is 46.7 Å². The Kier molecular flexibility index (Phi) is 7.28. The van der Waals surface area contributed by atoms with Crippen LogP contribution in [0.4, 0.5) is 0 Å². The second kappa shape index (κ2) is 9.68. The van der Waals surface area contributed by atoms with Crippen molar-refractivity contribution in [2.75, 3.05) is 19.8 Å². The summed E-state index contributed by atoms with van der Waals surface area (Å²) in [5.74, 6) is 0.299. The molecule has 1 N–H and O–H groups in total. The predicted octanol–water partition coefficient (Wildman–Crippen LogP) is 2.95. The fourth-order valence-corrected chi connectivity index (χ4v) is 2.76. The third-order valence-electron chi connectivity index (χ3n) is 3.20. The van der Waals surface area contributed by atoms with Crippen molar-refractivity contribution in [3.63, 3.8) is 0 Å². The van der Waals surface area contributed by atoms with Gasteiger partial charge < -0.3 is 19.5 Å². The van der Waals surface area contributed by atoms with Gasteiger partial charge in [-0.1, -0.05) is 6.07 Å². The molecular weight excluding hydrogens is 342 g/mol. The van der Waals surface area contributed by atoms with Gasteiger partial charge in [-0.3, -0.25) is 4.79 Å². The number of amides is 1. The second-order valence-electron chi connectivity index (χ2n) is 5.16. The van der Waals surface area contributed by atoms with Crippen molar-refractivity contribution in [2.45, 2.75) is 19.9 Å². The minimum atomic E-state index is -0.604. The van der Waals surface area contributed by atoms with Crippen molar-refractivity contribution in [2.24, 2.45) is 0 Å². The molecule has 0 aliphatic rings. The fraction of sp³-hybridized carbons (Fsp3) is 0.333. The second-order valence-corrected chi connectivity index (χ2v) is 6.14. The summed E-state index contributed by atoms with van der Waals surface area (Å²) in [4.78, 5) is 24.5. The lowest BCUT2D eigenvalue weighted by atomic mass is 10.3. The highest BCUT2D eigenvalue weighted by molar-refractivity contribution is 7.10. The minimum absolute atomic E-state index is 0.119. The Labute approximate surface area is 150 Å². The zero-order chi connectivity index (χ0) is 18.1. The highest BCUT2D eigenvalue weighted by atomic mass is 32.1. The van der Waals surface area contributed by atoms with E-state index in [1.807, 2.05) is 31.4 Å². The van der Waals surface area contributed by atoms with E-state index in [4.69, 9.17) is 14.2 Å². The molecule has 0 aliphatic carbocycles. The van der Waals surface area contributed by atoms with Gasteiger partial charge in [-0.15, -0.1) is 11.3 Å². The fourth-order valence-electron chi connectivity index (χ4n) is 2.02. The Balaban J connectivity index is 1.67. The third kappa shape index (κ3) is 6.46. The van der Waals surface area contributed by atoms with Crippen LogP contribution in [-0.2, 0) is 14.3 Å². The molecule has 2 rings (SSSR count). The largest absolute Gasteiger partial charge is 0.494 e. The summed E-state index contributed by atoms with van der Waals surface area (Å²) in [6.07, 6.45) is 0. The number of esters is 1. The van der Waals surface area contributed by atoms with Crippen molar-refractivity contribution >= 4 is 23.2 Å². The summed E-state index contributed by atoms with van der Waals surface area (Å²) < 4.78 is 15.5. The molecule has 1 atom stereocenters. The number of rotatable bonds is 9. The summed E-state index contributed by atoms with van der Waals surface area (Å²) >= 11 is 1.56. The van der Waals surface area contributed by atoms with Crippen LogP contribution in [0.15, 0.2) is 41.8 Å². The highest BCUT2D eigenvalue weighted by Crippen LogP contribution is 2.18. The van der Waals surface area contributed by atoms with Gasteiger partial charge in [0, 0.05) is 4.88 Å². The number of hydrogen-bond donors (Lipinski definition) is 1. The maximum Gasteiger partial charge on any atom is 0.344 e. The van der Waals surface area contributed by atoms with E-state index in [0.717, 1.165) is 10.6 Å². The normalized spacial score (nSPS) is 11.4. The van der Waals surface area contributed by atoms with Gasteiger partial charge in [-0.25, -0.2) is 4.79 Å². The molecule has 1 aromatic carbocycles. The van der Waals surface area contributed by atoms with E-state index >= 15 is 0 Å². The molecule has 7 heteroatoms.